The molecule has 240 valence electrons. The molecule has 0 aromatic heterocycles. The highest BCUT2D eigenvalue weighted by molar-refractivity contribution is 7.92. The summed E-state index contributed by atoms with van der Waals surface area (Å²) in [5.74, 6) is -1.07. The maximum atomic E-state index is 14.5. The molecule has 0 saturated carbocycles. The summed E-state index contributed by atoms with van der Waals surface area (Å²) in [5.41, 5.74) is 1.02. The molecule has 0 saturated heterocycles. The number of benzene rings is 4. The maximum Gasteiger partial charge on any atom is 0.271 e. The van der Waals surface area contributed by atoms with Crippen LogP contribution in [0, 0.1) is 10.1 Å². The predicted molar refractivity (Wildman–Crippen MR) is 178 cm³/mol. The zero-order valence-electron chi connectivity index (χ0n) is 25.3. The number of nitrogens with one attached hydrogen (secondary N) is 1. The number of non-ortho nitro benzene ring substituents is 1. The number of hydrogen-bond acceptors (Lipinski definition) is 6. The Morgan fingerprint density at radius 3 is 2.20 bits per heavy atom. The van der Waals surface area contributed by atoms with Crippen molar-refractivity contribution in [3.63, 3.8) is 0 Å². The molecule has 0 aliphatic rings. The monoisotopic (exact) mass is 662 g/mol. The number of amides is 2. The van der Waals surface area contributed by atoms with Crippen molar-refractivity contribution in [2.24, 2.45) is 0 Å². The second-order valence-electron chi connectivity index (χ2n) is 10.6. The first-order valence-corrected chi connectivity index (χ1v) is 16.6. The molecule has 0 aliphatic carbocycles. The Hall–Kier alpha value is -4.74. The Morgan fingerprint density at radius 2 is 1.54 bits per heavy atom. The van der Waals surface area contributed by atoms with Crippen LogP contribution in [0.5, 0.6) is 0 Å². The van der Waals surface area contributed by atoms with E-state index in [0.717, 1.165) is 28.8 Å². The first-order chi connectivity index (χ1) is 22.1. The van der Waals surface area contributed by atoms with Crippen molar-refractivity contribution in [3.8, 4) is 0 Å². The molecule has 2 amide bonds. The number of unbranched alkanes of at least 4 members (excludes halogenated alkanes) is 1. The number of rotatable bonds is 15. The van der Waals surface area contributed by atoms with E-state index in [4.69, 9.17) is 11.6 Å². The van der Waals surface area contributed by atoms with Crippen LogP contribution in [0.3, 0.4) is 0 Å². The number of nitro benzene ring substituents is 1. The molecule has 0 radical (unpaired) electrons. The van der Waals surface area contributed by atoms with Crippen molar-refractivity contribution in [1.82, 2.24) is 10.2 Å². The molecule has 4 aromatic rings. The Balaban J connectivity index is 1.81. The second-order valence-corrected chi connectivity index (χ2v) is 12.9. The van der Waals surface area contributed by atoms with Gasteiger partial charge in [-0.25, -0.2) is 8.42 Å². The molecule has 12 heteroatoms. The second kappa shape index (κ2) is 16.0. The van der Waals surface area contributed by atoms with E-state index in [1.165, 1.54) is 35.2 Å². The maximum absolute atomic E-state index is 14.5. The molecule has 0 fully saturated rings. The molecule has 0 aliphatic heterocycles. The molecule has 0 spiro atoms. The highest BCUT2D eigenvalue weighted by Gasteiger charge is 2.35. The van der Waals surface area contributed by atoms with E-state index in [1.807, 2.05) is 37.3 Å². The van der Waals surface area contributed by atoms with E-state index in [-0.39, 0.29) is 35.1 Å². The van der Waals surface area contributed by atoms with Gasteiger partial charge in [0.15, 0.2) is 0 Å². The zero-order chi connectivity index (χ0) is 33.1. The summed E-state index contributed by atoms with van der Waals surface area (Å²) in [5, 5.41) is 15.0. The molecular weight excluding hydrogens is 628 g/mol. The van der Waals surface area contributed by atoms with Crippen LogP contribution in [-0.2, 0) is 32.6 Å². The number of carbonyl (C=O) groups is 2. The molecule has 4 aromatic carbocycles. The average molecular weight is 663 g/mol. The lowest BCUT2D eigenvalue weighted by Gasteiger charge is -2.34. The van der Waals surface area contributed by atoms with Crippen molar-refractivity contribution in [2.75, 3.05) is 17.4 Å². The molecule has 1 N–H and O–H groups in total. The molecule has 4 rings (SSSR count). The van der Waals surface area contributed by atoms with Gasteiger partial charge in [-0.1, -0.05) is 91.7 Å². The van der Waals surface area contributed by atoms with Crippen LogP contribution in [0.15, 0.2) is 114 Å². The fraction of sp³-hybridized carbons (Fsp3) is 0.235. The van der Waals surface area contributed by atoms with Crippen LogP contribution < -0.4 is 9.62 Å². The van der Waals surface area contributed by atoms with Gasteiger partial charge in [-0.15, -0.1) is 0 Å². The SMILES string of the molecule is CCCCNC(=O)[C@H](Cc1ccccc1)N(Cc1cccc(Cl)c1)C(=O)CN(c1cccc([N+](=O)[O-])c1)S(=O)(=O)c1ccccc1. The van der Waals surface area contributed by atoms with Crippen LogP contribution in [0.4, 0.5) is 11.4 Å². The van der Waals surface area contributed by atoms with Crippen LogP contribution in [-0.4, -0.2) is 49.2 Å². The quantitative estimate of drug-likeness (QED) is 0.0944. The van der Waals surface area contributed by atoms with Crippen LogP contribution in [0.2, 0.25) is 5.02 Å². The van der Waals surface area contributed by atoms with Crippen molar-refractivity contribution in [3.05, 3.63) is 135 Å². The topological polar surface area (TPSA) is 130 Å². The zero-order valence-corrected chi connectivity index (χ0v) is 26.9. The van der Waals surface area contributed by atoms with E-state index in [0.29, 0.717) is 17.1 Å². The number of hydrogen-bond donors (Lipinski definition) is 1. The minimum atomic E-state index is -4.39. The number of nitrogens with zero attached hydrogens (tertiary/aromatic N) is 3. The number of nitro groups is 1. The minimum absolute atomic E-state index is 0.0494. The van der Waals surface area contributed by atoms with Gasteiger partial charge in [-0.05, 0) is 47.9 Å². The standard InChI is InChI=1S/C34H35ClN4O6S/c1-2-3-20-36-34(41)32(22-26-12-6-4-7-13-26)37(24-27-14-10-15-28(35)21-27)33(40)25-38(29-16-11-17-30(23-29)39(42)43)46(44,45)31-18-8-5-9-19-31/h4-19,21,23,32H,2-3,20,22,24-25H2,1H3,(H,36,41)/t32-/m0/s1. The van der Waals surface area contributed by atoms with Crippen LogP contribution in [0.25, 0.3) is 0 Å². The Kier molecular flexibility index (Phi) is 11.9. The van der Waals surface area contributed by atoms with Crippen molar-refractivity contribution in [1.29, 1.82) is 0 Å². The van der Waals surface area contributed by atoms with E-state index < -0.39 is 33.4 Å². The Labute approximate surface area is 273 Å². The third kappa shape index (κ3) is 8.92. The van der Waals surface area contributed by atoms with Crippen molar-refractivity contribution in [2.45, 2.75) is 43.7 Å². The number of sulfonamides is 1. The van der Waals surface area contributed by atoms with E-state index in [2.05, 4.69) is 5.32 Å². The van der Waals surface area contributed by atoms with Crippen molar-refractivity contribution >= 4 is 44.8 Å². The summed E-state index contributed by atoms with van der Waals surface area (Å²) >= 11 is 6.27. The Bertz CT molecular complexity index is 1760. The van der Waals surface area contributed by atoms with Gasteiger partial charge in [0.1, 0.15) is 12.6 Å². The average Bonchev–Trinajstić information content (AvgIpc) is 3.06. The fourth-order valence-corrected chi connectivity index (χ4v) is 6.54. The third-order valence-electron chi connectivity index (χ3n) is 7.28. The van der Waals surface area contributed by atoms with Gasteiger partial charge in [0.2, 0.25) is 11.8 Å². The van der Waals surface area contributed by atoms with Gasteiger partial charge in [0.05, 0.1) is 15.5 Å². The summed E-state index contributed by atoms with van der Waals surface area (Å²) in [7, 11) is -4.39. The molecule has 0 heterocycles. The smallest absolute Gasteiger partial charge is 0.271 e. The molecule has 46 heavy (non-hydrogen) atoms. The van der Waals surface area contributed by atoms with Gasteiger partial charge in [0, 0.05) is 36.7 Å². The third-order valence-corrected chi connectivity index (χ3v) is 9.30. The summed E-state index contributed by atoms with van der Waals surface area (Å²) in [6, 6.07) is 27.6. The van der Waals surface area contributed by atoms with Gasteiger partial charge >= 0.3 is 0 Å². The highest BCUT2D eigenvalue weighted by atomic mass is 35.5. The Morgan fingerprint density at radius 1 is 0.891 bits per heavy atom. The lowest BCUT2D eigenvalue weighted by atomic mass is 10.0. The summed E-state index contributed by atoms with van der Waals surface area (Å²) in [6.45, 7) is 1.62. The van der Waals surface area contributed by atoms with Gasteiger partial charge in [-0.2, -0.15) is 0 Å². The summed E-state index contributed by atoms with van der Waals surface area (Å²) in [6.07, 6.45) is 1.75. The molecule has 0 unspecified atom stereocenters. The van der Waals surface area contributed by atoms with Crippen LogP contribution in [0.1, 0.15) is 30.9 Å². The number of carbonyl (C=O) groups excluding carboxylic acids is 2. The lowest BCUT2D eigenvalue weighted by Crippen LogP contribution is -2.53. The molecular formula is C34H35ClN4O6S. The van der Waals surface area contributed by atoms with Gasteiger partial charge in [0.25, 0.3) is 15.7 Å². The normalized spacial score (nSPS) is 11.8. The highest BCUT2D eigenvalue weighted by Crippen LogP contribution is 2.28. The van der Waals surface area contributed by atoms with Crippen LogP contribution >= 0.6 is 11.6 Å². The van der Waals surface area contributed by atoms with E-state index in [9.17, 15) is 28.1 Å². The summed E-state index contributed by atoms with van der Waals surface area (Å²) in [4.78, 5) is 40.5. The predicted octanol–water partition coefficient (Wildman–Crippen LogP) is 6.00. The first-order valence-electron chi connectivity index (χ1n) is 14.8. The van der Waals surface area contributed by atoms with E-state index >= 15 is 0 Å². The van der Waals surface area contributed by atoms with E-state index in [1.54, 1.807) is 42.5 Å². The van der Waals surface area contributed by atoms with Gasteiger partial charge in [-0.3, -0.25) is 24.0 Å². The number of halogens is 1. The van der Waals surface area contributed by atoms with Crippen molar-refractivity contribution < 1.29 is 22.9 Å². The largest absolute Gasteiger partial charge is 0.354 e. The molecule has 0 bridgehead atoms. The summed E-state index contributed by atoms with van der Waals surface area (Å²) < 4.78 is 28.9. The fourth-order valence-electron chi connectivity index (χ4n) is 4.90. The molecule has 1 atom stereocenters. The van der Waals surface area contributed by atoms with Gasteiger partial charge < -0.3 is 10.2 Å². The lowest BCUT2D eigenvalue weighted by molar-refractivity contribution is -0.384. The number of anilines is 1. The minimum Gasteiger partial charge on any atom is -0.354 e. The molecule has 10 nitrogen and oxygen atoms in total. The first kappa shape index (κ1) is 34.1.